The summed E-state index contributed by atoms with van der Waals surface area (Å²) >= 11 is 0. The van der Waals surface area contributed by atoms with Gasteiger partial charge in [-0.3, -0.25) is 0 Å². The van der Waals surface area contributed by atoms with Crippen LogP contribution in [0.3, 0.4) is 0 Å². The Hall–Kier alpha value is -7.20. The quantitative estimate of drug-likeness (QED) is 0.0515. The topological polar surface area (TPSA) is 102 Å². The molecule has 63 heavy (non-hydrogen) atoms. The molecule has 1 saturated heterocycles. The Bertz CT molecular complexity index is 2950. The Morgan fingerprint density at radius 2 is 1.24 bits per heavy atom. The molecule has 0 aromatic heterocycles. The number of fused-ring (bicyclic) bond motifs is 8. The minimum atomic E-state index is -0.767. The lowest BCUT2D eigenvalue weighted by molar-refractivity contribution is -0.0977. The highest BCUT2D eigenvalue weighted by atomic mass is 16.7. The molecule has 0 spiro atoms. The first-order chi connectivity index (χ1) is 30.7. The van der Waals surface area contributed by atoms with Gasteiger partial charge < -0.3 is 33.2 Å². The summed E-state index contributed by atoms with van der Waals surface area (Å²) in [5, 5.41) is 6.13. The van der Waals surface area contributed by atoms with E-state index in [1.165, 1.54) is 0 Å². The number of carbonyl (C=O) groups is 2. The van der Waals surface area contributed by atoms with Crippen LogP contribution in [-0.4, -0.2) is 37.0 Å². The Labute approximate surface area is 364 Å². The van der Waals surface area contributed by atoms with Crippen LogP contribution < -0.4 is 23.7 Å². The first-order valence-electron chi connectivity index (χ1n) is 21.2. The van der Waals surface area contributed by atoms with E-state index in [1.807, 2.05) is 79.7 Å². The standard InChI is InChI=1S/C54H44O9/c1-4-9-48(57-31-54(3)32-58-54)59-42-23-18-37-29-39(15-14-38(37)30-42)51(55)61-41-24-25-43(33(2)28-41)52(56)60-40-21-16-36(17-22-40)53-62-46-26-19-34-10-5-7-12-44(34)49(46)50-45-13-8-6-11-35(45)20-27-47(50)63-53/h5-8,10-30,48,53H,4,9,31-32H2,1-3H3. The summed E-state index contributed by atoms with van der Waals surface area (Å²) in [4.78, 5) is 26.7. The number of esters is 2. The fourth-order valence-electron chi connectivity index (χ4n) is 8.02. The third kappa shape index (κ3) is 8.28. The van der Waals surface area contributed by atoms with Gasteiger partial charge in [0.2, 0.25) is 0 Å². The highest BCUT2D eigenvalue weighted by Gasteiger charge is 2.40. The van der Waals surface area contributed by atoms with Crippen LogP contribution in [0.15, 0.2) is 152 Å². The zero-order valence-electron chi connectivity index (χ0n) is 35.1. The molecule has 1 fully saturated rings. The molecule has 8 aromatic rings. The fourth-order valence-corrected chi connectivity index (χ4v) is 8.02. The van der Waals surface area contributed by atoms with Gasteiger partial charge >= 0.3 is 11.9 Å². The molecule has 2 atom stereocenters. The maximum Gasteiger partial charge on any atom is 0.343 e. The summed E-state index contributed by atoms with van der Waals surface area (Å²) in [6.07, 6.45) is 0.526. The normalized spacial score (nSPS) is 16.0. The van der Waals surface area contributed by atoms with E-state index in [9.17, 15) is 9.59 Å². The minimum Gasteiger partial charge on any atom is -0.465 e. The predicted octanol–water partition coefficient (Wildman–Crippen LogP) is 12.3. The second-order valence-corrected chi connectivity index (χ2v) is 16.3. The van der Waals surface area contributed by atoms with E-state index in [-0.39, 0.29) is 11.9 Å². The average molecular weight is 837 g/mol. The molecule has 2 heterocycles. The molecule has 2 aliphatic rings. The Kier molecular flexibility index (Phi) is 10.5. The molecule has 9 heteroatoms. The van der Waals surface area contributed by atoms with E-state index < -0.39 is 18.2 Å². The lowest BCUT2D eigenvalue weighted by Crippen LogP contribution is -2.26. The molecule has 0 aliphatic carbocycles. The van der Waals surface area contributed by atoms with Crippen molar-refractivity contribution in [3.05, 3.63) is 174 Å². The van der Waals surface area contributed by atoms with E-state index >= 15 is 0 Å². The van der Waals surface area contributed by atoms with Gasteiger partial charge in [0.05, 0.1) is 24.3 Å². The summed E-state index contributed by atoms with van der Waals surface area (Å²) in [6.45, 7) is 7.06. The van der Waals surface area contributed by atoms with Crippen molar-refractivity contribution in [2.24, 2.45) is 0 Å². The summed E-state index contributed by atoms with van der Waals surface area (Å²) < 4.78 is 42.5. The second kappa shape index (κ2) is 16.6. The van der Waals surface area contributed by atoms with Crippen molar-refractivity contribution in [2.45, 2.75) is 51.8 Å². The molecule has 10 rings (SSSR count). The first kappa shape index (κ1) is 39.9. The number of hydrogen-bond donors (Lipinski definition) is 0. The van der Waals surface area contributed by atoms with Crippen molar-refractivity contribution >= 4 is 44.3 Å². The fraction of sp³-hybridized carbons (Fsp3) is 0.185. The van der Waals surface area contributed by atoms with Crippen LogP contribution in [-0.2, 0) is 9.47 Å². The summed E-state index contributed by atoms with van der Waals surface area (Å²) in [5.74, 6) is 1.71. The lowest BCUT2D eigenvalue weighted by atomic mass is 9.92. The monoisotopic (exact) mass is 836 g/mol. The molecule has 0 amide bonds. The van der Waals surface area contributed by atoms with Gasteiger partial charge in [-0.15, -0.1) is 0 Å². The molecule has 0 bridgehead atoms. The highest BCUT2D eigenvalue weighted by molar-refractivity contribution is 6.10. The molecule has 2 unspecified atom stereocenters. The van der Waals surface area contributed by atoms with Crippen molar-refractivity contribution in [1.29, 1.82) is 0 Å². The van der Waals surface area contributed by atoms with E-state index in [0.29, 0.717) is 58.7 Å². The number of rotatable bonds is 12. The van der Waals surface area contributed by atoms with Crippen molar-refractivity contribution < 1.29 is 42.7 Å². The SMILES string of the molecule is CCCC(OCC1(C)CO1)Oc1ccc2cc(C(=O)Oc3ccc(C(=O)Oc4ccc(C5Oc6ccc7ccccc7c6-c6c(ccc7ccccc67)O5)cc4)c(C)c3)ccc2c1. The van der Waals surface area contributed by atoms with Crippen LogP contribution in [0.25, 0.3) is 43.4 Å². The molecule has 9 nitrogen and oxygen atoms in total. The number of ether oxygens (including phenoxy) is 7. The molecular weight excluding hydrogens is 793 g/mol. The zero-order chi connectivity index (χ0) is 43.1. The van der Waals surface area contributed by atoms with Crippen LogP contribution in [0, 0.1) is 6.92 Å². The van der Waals surface area contributed by atoms with Crippen molar-refractivity contribution in [1.82, 2.24) is 0 Å². The van der Waals surface area contributed by atoms with Gasteiger partial charge in [-0.05, 0) is 131 Å². The molecule has 8 aromatic carbocycles. The highest BCUT2D eigenvalue weighted by Crippen LogP contribution is 2.49. The number of hydrogen-bond acceptors (Lipinski definition) is 9. The molecular formula is C54H44O9. The van der Waals surface area contributed by atoms with E-state index in [2.05, 4.69) is 43.3 Å². The van der Waals surface area contributed by atoms with Gasteiger partial charge in [0.15, 0.2) is 6.29 Å². The molecule has 0 radical (unpaired) electrons. The third-order valence-corrected chi connectivity index (χ3v) is 11.5. The van der Waals surface area contributed by atoms with E-state index in [4.69, 9.17) is 33.2 Å². The minimum absolute atomic E-state index is 0.218. The largest absolute Gasteiger partial charge is 0.465 e. The predicted molar refractivity (Wildman–Crippen MR) is 242 cm³/mol. The molecule has 314 valence electrons. The van der Waals surface area contributed by atoms with Gasteiger partial charge in [-0.25, -0.2) is 9.59 Å². The van der Waals surface area contributed by atoms with Crippen molar-refractivity contribution in [3.63, 3.8) is 0 Å². The van der Waals surface area contributed by atoms with Gasteiger partial charge in [0, 0.05) is 23.1 Å². The van der Waals surface area contributed by atoms with Crippen LogP contribution in [0.4, 0.5) is 0 Å². The van der Waals surface area contributed by atoms with Crippen LogP contribution in [0.2, 0.25) is 0 Å². The van der Waals surface area contributed by atoms with Gasteiger partial charge in [0.25, 0.3) is 6.29 Å². The molecule has 0 saturated carbocycles. The van der Waals surface area contributed by atoms with Crippen LogP contribution >= 0.6 is 0 Å². The Balaban J connectivity index is 0.803. The number of aryl methyl sites for hydroxylation is 1. The summed E-state index contributed by atoms with van der Waals surface area (Å²) in [7, 11) is 0. The Morgan fingerprint density at radius 3 is 1.89 bits per heavy atom. The Morgan fingerprint density at radius 1 is 0.651 bits per heavy atom. The van der Waals surface area contributed by atoms with Crippen LogP contribution in [0.1, 0.15) is 64.8 Å². The second-order valence-electron chi connectivity index (χ2n) is 16.3. The average Bonchev–Trinajstić information content (AvgIpc) is 4.07. The summed E-state index contributed by atoms with van der Waals surface area (Å²) in [6, 6.07) is 47.7. The number of carbonyl (C=O) groups excluding carboxylic acids is 2. The van der Waals surface area contributed by atoms with Gasteiger partial charge in [-0.1, -0.05) is 86.1 Å². The van der Waals surface area contributed by atoms with Crippen molar-refractivity contribution in [2.75, 3.05) is 13.2 Å². The van der Waals surface area contributed by atoms with Gasteiger partial charge in [0.1, 0.15) is 34.3 Å². The number of epoxide rings is 1. The van der Waals surface area contributed by atoms with E-state index in [0.717, 1.165) is 61.8 Å². The maximum atomic E-state index is 13.4. The number of benzene rings is 8. The third-order valence-electron chi connectivity index (χ3n) is 11.5. The zero-order valence-corrected chi connectivity index (χ0v) is 35.1. The van der Waals surface area contributed by atoms with Crippen LogP contribution in [0.5, 0.6) is 28.7 Å². The smallest absolute Gasteiger partial charge is 0.343 e. The van der Waals surface area contributed by atoms with E-state index in [1.54, 1.807) is 49.4 Å². The van der Waals surface area contributed by atoms with Crippen molar-refractivity contribution in [3.8, 4) is 39.9 Å². The lowest BCUT2D eigenvalue weighted by Gasteiger charge is -2.20. The molecule has 2 aliphatic heterocycles. The first-order valence-corrected chi connectivity index (χ1v) is 21.2. The maximum absolute atomic E-state index is 13.4. The molecule has 0 N–H and O–H groups in total. The van der Waals surface area contributed by atoms with Gasteiger partial charge in [-0.2, -0.15) is 0 Å². The summed E-state index contributed by atoms with van der Waals surface area (Å²) in [5.41, 5.74) is 3.82.